The minimum absolute atomic E-state index is 0.0749. The first-order valence-corrected chi connectivity index (χ1v) is 16.7. The fraction of sp³-hybridized carbons (Fsp3) is 0.111. The molecule has 0 amide bonds. The highest BCUT2D eigenvalue weighted by Crippen LogP contribution is 2.55. The largest absolute Gasteiger partial charge is 0.309 e. The smallest absolute Gasteiger partial charge is 0.0541 e. The average molecular weight is 603 g/mol. The van der Waals surface area contributed by atoms with Crippen LogP contribution in [0.4, 0.5) is 0 Å². The molecule has 2 atom stereocenters. The lowest BCUT2D eigenvalue weighted by Crippen LogP contribution is -2.24. The van der Waals surface area contributed by atoms with Gasteiger partial charge in [0, 0.05) is 33.2 Å². The molecule has 2 aliphatic carbocycles. The van der Waals surface area contributed by atoms with Crippen LogP contribution >= 0.6 is 0 Å². The van der Waals surface area contributed by atoms with Gasteiger partial charge in [-0.05, 0) is 88.2 Å². The molecule has 2 aromatic heterocycles. The lowest BCUT2D eigenvalue weighted by molar-refractivity contribution is 0.394. The summed E-state index contributed by atoms with van der Waals surface area (Å²) >= 11 is 0. The minimum atomic E-state index is 0.0749. The molecular weight excluding hydrogens is 569 g/mol. The molecule has 47 heavy (non-hydrogen) atoms. The summed E-state index contributed by atoms with van der Waals surface area (Å²) in [5, 5.41) is 5.12. The van der Waals surface area contributed by atoms with Crippen LogP contribution in [-0.4, -0.2) is 9.13 Å². The quantitative estimate of drug-likeness (QED) is 0.190. The van der Waals surface area contributed by atoms with Crippen LogP contribution in [0, 0.1) is 5.92 Å². The van der Waals surface area contributed by atoms with E-state index in [-0.39, 0.29) is 5.41 Å². The summed E-state index contributed by atoms with van der Waals surface area (Å²) in [6, 6.07) is 49.3. The highest BCUT2D eigenvalue weighted by Gasteiger charge is 2.45. The van der Waals surface area contributed by atoms with E-state index >= 15 is 0 Å². The molecule has 0 aliphatic heterocycles. The molecule has 224 valence electrons. The van der Waals surface area contributed by atoms with Gasteiger partial charge in [-0.1, -0.05) is 117 Å². The Morgan fingerprint density at radius 1 is 0.489 bits per heavy atom. The second-order valence-corrected chi connectivity index (χ2v) is 13.8. The number of aromatic nitrogens is 2. The summed E-state index contributed by atoms with van der Waals surface area (Å²) < 4.78 is 4.90. The van der Waals surface area contributed by atoms with Crippen molar-refractivity contribution in [2.24, 2.45) is 5.92 Å². The molecule has 10 rings (SSSR count). The summed E-state index contributed by atoms with van der Waals surface area (Å²) in [5.41, 5.74) is 12.9. The van der Waals surface area contributed by atoms with E-state index in [1.165, 1.54) is 77.2 Å². The van der Waals surface area contributed by atoms with Crippen molar-refractivity contribution in [3.05, 3.63) is 169 Å². The number of rotatable bonds is 3. The number of nitrogens with zero attached hydrogens (tertiary/aromatic N) is 2. The van der Waals surface area contributed by atoms with Crippen LogP contribution in [-0.2, 0) is 5.41 Å². The summed E-state index contributed by atoms with van der Waals surface area (Å²) in [7, 11) is 0. The highest BCUT2D eigenvalue weighted by molar-refractivity contribution is 6.12. The van der Waals surface area contributed by atoms with Crippen LogP contribution in [0.5, 0.6) is 0 Å². The predicted molar refractivity (Wildman–Crippen MR) is 198 cm³/mol. The number of fused-ring (bicyclic) bond motifs is 9. The Hall–Kier alpha value is -5.60. The van der Waals surface area contributed by atoms with Crippen molar-refractivity contribution in [1.82, 2.24) is 9.13 Å². The molecular formula is C45H34N2. The van der Waals surface area contributed by atoms with Crippen molar-refractivity contribution >= 4 is 43.6 Å². The van der Waals surface area contributed by atoms with Crippen molar-refractivity contribution in [1.29, 1.82) is 0 Å². The van der Waals surface area contributed by atoms with Crippen LogP contribution in [0.15, 0.2) is 158 Å². The van der Waals surface area contributed by atoms with Crippen molar-refractivity contribution in [2.75, 3.05) is 0 Å². The minimum Gasteiger partial charge on any atom is -0.309 e. The number of hydrogen-bond acceptors (Lipinski definition) is 0. The lowest BCUT2D eigenvalue weighted by atomic mass is 9.74. The van der Waals surface area contributed by atoms with Gasteiger partial charge in [0.05, 0.1) is 27.8 Å². The Bertz CT molecular complexity index is 2610. The molecule has 0 spiro atoms. The molecule has 0 radical (unpaired) electrons. The molecule has 2 aliphatic rings. The fourth-order valence-electron chi connectivity index (χ4n) is 8.83. The van der Waals surface area contributed by atoms with E-state index in [1.54, 1.807) is 0 Å². The second-order valence-electron chi connectivity index (χ2n) is 13.8. The van der Waals surface area contributed by atoms with Gasteiger partial charge in [0.2, 0.25) is 0 Å². The molecule has 0 saturated carbocycles. The van der Waals surface area contributed by atoms with E-state index in [1.807, 2.05) is 0 Å². The van der Waals surface area contributed by atoms with Crippen LogP contribution < -0.4 is 0 Å². The normalized spacial score (nSPS) is 18.0. The Balaban J connectivity index is 1.18. The van der Waals surface area contributed by atoms with Gasteiger partial charge in [-0.15, -0.1) is 0 Å². The molecule has 2 unspecified atom stereocenters. The first-order valence-electron chi connectivity index (χ1n) is 16.7. The summed E-state index contributed by atoms with van der Waals surface area (Å²) in [4.78, 5) is 0. The van der Waals surface area contributed by atoms with Crippen LogP contribution in [0.3, 0.4) is 0 Å². The zero-order valence-corrected chi connectivity index (χ0v) is 26.6. The van der Waals surface area contributed by atoms with E-state index in [0.29, 0.717) is 11.8 Å². The third-order valence-electron chi connectivity index (χ3n) is 11.0. The number of allylic oxidation sites excluding steroid dienone is 4. The lowest BCUT2D eigenvalue weighted by Gasteiger charge is -2.29. The van der Waals surface area contributed by atoms with Gasteiger partial charge < -0.3 is 9.13 Å². The topological polar surface area (TPSA) is 9.86 Å². The van der Waals surface area contributed by atoms with Crippen LogP contribution in [0.25, 0.3) is 66.1 Å². The zero-order chi connectivity index (χ0) is 31.3. The SMILES string of the molecule is CC1(C)c2cccc(-n3c4ccccc4c4cc(-c5ccc6c(c5)c5ccccc5n6-c5ccccc5)ccc43)c2C2C=CC=CC21. The molecule has 0 saturated heterocycles. The maximum atomic E-state index is 2.52. The first kappa shape index (κ1) is 26.6. The molecule has 2 nitrogen and oxygen atoms in total. The van der Waals surface area contributed by atoms with E-state index in [4.69, 9.17) is 0 Å². The monoisotopic (exact) mass is 602 g/mol. The third kappa shape index (κ3) is 3.67. The standard InChI is InChI=1S/C45H34N2/c1-45(2)37-18-9-6-17-34(37)44-38(45)19-12-22-43(44)47-40-21-11-8-16-33(40)36-28-30(24-26-42(36)47)29-23-25-41-35(27-29)32-15-7-10-20-39(32)46(41)31-13-4-3-5-14-31/h3-28,34,37H,1-2H3. The van der Waals surface area contributed by atoms with Gasteiger partial charge >= 0.3 is 0 Å². The number of hydrogen-bond donors (Lipinski definition) is 0. The summed E-state index contributed by atoms with van der Waals surface area (Å²) in [6.45, 7) is 4.83. The van der Waals surface area contributed by atoms with Crippen molar-refractivity contribution in [2.45, 2.75) is 25.2 Å². The van der Waals surface area contributed by atoms with E-state index < -0.39 is 0 Å². The molecule has 0 bridgehead atoms. The Morgan fingerprint density at radius 3 is 1.77 bits per heavy atom. The molecule has 6 aromatic carbocycles. The zero-order valence-electron chi connectivity index (χ0n) is 26.6. The Kier molecular flexibility index (Phi) is 5.49. The van der Waals surface area contributed by atoms with Crippen molar-refractivity contribution in [3.8, 4) is 22.5 Å². The van der Waals surface area contributed by atoms with E-state index in [9.17, 15) is 0 Å². The molecule has 2 heterocycles. The van der Waals surface area contributed by atoms with Crippen molar-refractivity contribution in [3.63, 3.8) is 0 Å². The predicted octanol–water partition coefficient (Wildman–Crippen LogP) is 11.7. The Labute approximate surface area is 274 Å². The third-order valence-corrected chi connectivity index (χ3v) is 11.0. The highest BCUT2D eigenvalue weighted by atomic mass is 15.0. The number of para-hydroxylation sites is 3. The van der Waals surface area contributed by atoms with E-state index in [0.717, 1.165) is 0 Å². The fourth-order valence-corrected chi connectivity index (χ4v) is 8.83. The molecule has 2 heteroatoms. The van der Waals surface area contributed by atoms with Gasteiger partial charge in [-0.25, -0.2) is 0 Å². The average Bonchev–Trinajstić information content (AvgIpc) is 3.72. The summed E-state index contributed by atoms with van der Waals surface area (Å²) in [6.07, 6.45) is 9.29. The first-order chi connectivity index (χ1) is 23.1. The van der Waals surface area contributed by atoms with Gasteiger partial charge in [0.15, 0.2) is 0 Å². The Morgan fingerprint density at radius 2 is 1.06 bits per heavy atom. The maximum Gasteiger partial charge on any atom is 0.0541 e. The molecule has 0 N–H and O–H groups in total. The second kappa shape index (κ2) is 9.70. The van der Waals surface area contributed by atoms with Gasteiger partial charge in [0.25, 0.3) is 0 Å². The number of benzene rings is 6. The van der Waals surface area contributed by atoms with Crippen LogP contribution in [0.1, 0.15) is 30.9 Å². The molecule has 8 aromatic rings. The molecule has 0 fully saturated rings. The van der Waals surface area contributed by atoms with Gasteiger partial charge in [-0.2, -0.15) is 0 Å². The van der Waals surface area contributed by atoms with Gasteiger partial charge in [0.1, 0.15) is 0 Å². The van der Waals surface area contributed by atoms with Crippen molar-refractivity contribution < 1.29 is 0 Å². The maximum absolute atomic E-state index is 2.52. The summed E-state index contributed by atoms with van der Waals surface area (Å²) in [5.74, 6) is 0.840. The van der Waals surface area contributed by atoms with Crippen LogP contribution in [0.2, 0.25) is 0 Å². The van der Waals surface area contributed by atoms with Gasteiger partial charge in [-0.3, -0.25) is 0 Å². The van der Waals surface area contributed by atoms with E-state index in [2.05, 4.69) is 181 Å².